The minimum atomic E-state index is -2.72. The van der Waals surface area contributed by atoms with Gasteiger partial charge in [0, 0.05) is 38.8 Å². The number of benzene rings is 5. The summed E-state index contributed by atoms with van der Waals surface area (Å²) in [6.07, 6.45) is 8.73. The van der Waals surface area contributed by atoms with Gasteiger partial charge in [-0.05, 0) is 80.8 Å². The average Bonchev–Trinajstić information content (AvgIpc) is 4.11. The number of fused-ring (bicyclic) bond motifs is 8. The lowest BCUT2D eigenvalue weighted by atomic mass is 10.0. The Kier molecular flexibility index (Phi) is 8.35. The molecule has 5 aromatic carbocycles. The number of nitrogens with one attached hydrogen (secondary N) is 2. The van der Waals surface area contributed by atoms with E-state index < -0.39 is 8.07 Å². The average molecular weight is 735 g/mol. The molecular formula is C51H38N4Si. The Bertz CT molecular complexity index is 2870. The summed E-state index contributed by atoms with van der Waals surface area (Å²) in [7, 11) is -2.72. The Balaban J connectivity index is 1.42. The molecule has 266 valence electrons. The molecule has 4 nitrogen and oxygen atoms in total. The minimum Gasteiger partial charge on any atom is -0.355 e. The molecule has 10 rings (SSSR count). The molecule has 8 bridgehead atoms. The predicted molar refractivity (Wildman–Crippen MR) is 239 cm³/mol. The molecule has 3 aromatic heterocycles. The predicted octanol–water partition coefficient (Wildman–Crippen LogP) is 10.8. The topological polar surface area (TPSA) is 57.4 Å². The molecule has 56 heavy (non-hydrogen) atoms. The summed E-state index contributed by atoms with van der Waals surface area (Å²) in [5, 5.41) is 3.86. The van der Waals surface area contributed by atoms with Crippen molar-refractivity contribution in [2.75, 3.05) is 0 Å². The van der Waals surface area contributed by atoms with E-state index in [-0.39, 0.29) is 0 Å². The van der Waals surface area contributed by atoms with Gasteiger partial charge in [-0.3, -0.25) is 0 Å². The molecule has 0 fully saturated rings. The van der Waals surface area contributed by atoms with Crippen molar-refractivity contribution in [3.8, 4) is 33.4 Å². The fourth-order valence-electron chi connectivity index (χ4n) is 8.46. The van der Waals surface area contributed by atoms with Crippen LogP contribution in [0.2, 0.25) is 6.55 Å². The van der Waals surface area contributed by atoms with Gasteiger partial charge in [0.1, 0.15) is 0 Å². The van der Waals surface area contributed by atoms with Crippen molar-refractivity contribution in [2.45, 2.75) is 6.55 Å². The van der Waals surface area contributed by atoms with Crippen LogP contribution in [0.25, 0.3) is 79.8 Å². The van der Waals surface area contributed by atoms with E-state index in [0.717, 1.165) is 78.2 Å². The molecule has 2 N–H and O–H groups in total. The van der Waals surface area contributed by atoms with E-state index >= 15 is 0 Å². The Hall–Kier alpha value is -7.08. The summed E-state index contributed by atoms with van der Waals surface area (Å²) in [5.74, 6) is 0. The zero-order valence-electron chi connectivity index (χ0n) is 30.9. The molecule has 8 aromatic rings. The van der Waals surface area contributed by atoms with Gasteiger partial charge in [-0.25, -0.2) is 9.97 Å². The maximum absolute atomic E-state index is 5.62. The Labute approximate surface area is 327 Å². The molecule has 0 amide bonds. The molecule has 0 saturated carbocycles. The highest BCUT2D eigenvalue weighted by molar-refractivity contribution is 7.11. The van der Waals surface area contributed by atoms with Crippen LogP contribution >= 0.6 is 0 Å². The first-order chi connectivity index (χ1) is 27.6. The van der Waals surface area contributed by atoms with Crippen LogP contribution in [0.3, 0.4) is 0 Å². The van der Waals surface area contributed by atoms with Gasteiger partial charge in [0.05, 0.1) is 22.8 Å². The van der Waals surface area contributed by atoms with Crippen molar-refractivity contribution in [1.29, 1.82) is 0 Å². The smallest absolute Gasteiger partial charge is 0.150 e. The van der Waals surface area contributed by atoms with Crippen LogP contribution in [0.4, 0.5) is 0 Å². The molecule has 2 aliphatic rings. The van der Waals surface area contributed by atoms with E-state index in [9.17, 15) is 0 Å². The van der Waals surface area contributed by atoms with E-state index in [1.54, 1.807) is 0 Å². The first kappa shape index (κ1) is 33.5. The fourth-order valence-corrected chi connectivity index (χ4v) is 12.4. The lowest BCUT2D eigenvalue weighted by molar-refractivity contribution is 1.31. The maximum Gasteiger partial charge on any atom is 0.150 e. The monoisotopic (exact) mass is 734 g/mol. The SMILES string of the molecule is C[Si](c1ccccc1)(c1ccccc1)c1c2nc(c(-c3ccccc3)c3ccc([nH]3)c(-c3ccccc3)c3nc(c(-c4ccccc4)c4ccc1[nH]4)C=C3)C=C2. The zero-order valence-corrected chi connectivity index (χ0v) is 31.9. The molecule has 0 spiro atoms. The second-order valence-electron chi connectivity index (χ2n) is 14.5. The Morgan fingerprint density at radius 2 is 0.643 bits per heavy atom. The summed E-state index contributed by atoms with van der Waals surface area (Å²) in [4.78, 5) is 18.9. The van der Waals surface area contributed by atoms with Gasteiger partial charge in [-0.1, -0.05) is 158 Å². The van der Waals surface area contributed by atoms with Gasteiger partial charge in [0.25, 0.3) is 0 Å². The minimum absolute atomic E-state index is 0.905. The van der Waals surface area contributed by atoms with Crippen LogP contribution in [0.15, 0.2) is 176 Å². The number of hydrogen-bond acceptors (Lipinski definition) is 2. The van der Waals surface area contributed by atoms with Gasteiger partial charge in [-0.15, -0.1) is 0 Å². The van der Waals surface area contributed by atoms with Crippen LogP contribution < -0.4 is 15.6 Å². The highest BCUT2D eigenvalue weighted by Gasteiger charge is 2.38. The van der Waals surface area contributed by atoms with Crippen LogP contribution in [-0.4, -0.2) is 28.0 Å². The Morgan fingerprint density at radius 3 is 1.04 bits per heavy atom. The summed E-state index contributed by atoms with van der Waals surface area (Å²) >= 11 is 0. The van der Waals surface area contributed by atoms with E-state index in [4.69, 9.17) is 9.97 Å². The summed E-state index contributed by atoms with van der Waals surface area (Å²) in [6, 6.07) is 62.6. The van der Waals surface area contributed by atoms with Crippen molar-refractivity contribution >= 4 is 70.0 Å². The largest absolute Gasteiger partial charge is 0.355 e. The number of hydrogen-bond donors (Lipinski definition) is 2. The number of H-pyrrole nitrogens is 2. The standard InChI is InChI=1S/C51H38N4Si/c1-56(38-23-13-5-14-24-38,39-25-15-6-16-26-39)51-46-33-31-44(54-46)49(36-19-9-3-10-20-36)42-29-27-40(52-42)48(35-17-7-2-8-18-35)41-28-30-43(53-41)50(37-21-11-4-12-22-37)45-32-34-47(51)55-45/h2-34,52,55H,1H3. The highest BCUT2D eigenvalue weighted by atomic mass is 28.3. The first-order valence-electron chi connectivity index (χ1n) is 19.1. The van der Waals surface area contributed by atoms with E-state index in [0.29, 0.717) is 0 Å². The highest BCUT2D eigenvalue weighted by Crippen LogP contribution is 2.36. The van der Waals surface area contributed by atoms with Crippen molar-refractivity contribution in [1.82, 2.24) is 19.9 Å². The molecular weight excluding hydrogens is 697 g/mol. The Morgan fingerprint density at radius 1 is 0.339 bits per heavy atom. The lowest BCUT2D eigenvalue weighted by Gasteiger charge is -2.30. The van der Waals surface area contributed by atoms with Gasteiger partial charge < -0.3 is 9.97 Å². The van der Waals surface area contributed by atoms with Crippen LogP contribution in [0.5, 0.6) is 0 Å². The molecule has 2 aliphatic heterocycles. The van der Waals surface area contributed by atoms with E-state index in [1.165, 1.54) is 15.6 Å². The molecule has 0 radical (unpaired) electrons. The van der Waals surface area contributed by atoms with Crippen LogP contribution in [0, 0.1) is 0 Å². The van der Waals surface area contributed by atoms with Crippen molar-refractivity contribution < 1.29 is 0 Å². The quantitative estimate of drug-likeness (QED) is 0.167. The summed E-state index contributed by atoms with van der Waals surface area (Å²) < 4.78 is 0. The number of rotatable bonds is 6. The second kappa shape index (κ2) is 14.0. The second-order valence-corrected chi connectivity index (χ2v) is 18.4. The number of aromatic amines is 2. The normalized spacial score (nSPS) is 12.2. The third-order valence-corrected chi connectivity index (χ3v) is 15.6. The third-order valence-electron chi connectivity index (χ3n) is 11.1. The van der Waals surface area contributed by atoms with Gasteiger partial charge in [0.15, 0.2) is 8.07 Å². The van der Waals surface area contributed by atoms with Gasteiger partial charge in [-0.2, -0.15) is 0 Å². The number of aromatic nitrogens is 4. The zero-order chi connectivity index (χ0) is 37.5. The molecule has 0 saturated heterocycles. The van der Waals surface area contributed by atoms with Crippen molar-refractivity contribution in [2.24, 2.45) is 0 Å². The van der Waals surface area contributed by atoms with Crippen molar-refractivity contribution in [3.05, 3.63) is 199 Å². The van der Waals surface area contributed by atoms with Crippen LogP contribution in [-0.2, 0) is 0 Å². The maximum atomic E-state index is 5.62. The van der Waals surface area contributed by atoms with Gasteiger partial charge in [0.2, 0.25) is 0 Å². The van der Waals surface area contributed by atoms with E-state index in [2.05, 4.69) is 217 Å². The third kappa shape index (κ3) is 5.77. The number of nitrogens with zero attached hydrogens (tertiary/aromatic N) is 2. The molecule has 0 unspecified atom stereocenters. The fraction of sp³-hybridized carbons (Fsp3) is 0.0196. The molecule has 0 aliphatic carbocycles. The molecule has 0 atom stereocenters. The lowest BCUT2D eigenvalue weighted by Crippen LogP contribution is -2.65. The summed E-state index contributed by atoms with van der Waals surface area (Å²) in [6.45, 7) is 2.47. The van der Waals surface area contributed by atoms with E-state index in [1.807, 2.05) is 0 Å². The molecule has 5 heterocycles. The van der Waals surface area contributed by atoms with Crippen molar-refractivity contribution in [3.63, 3.8) is 0 Å². The first-order valence-corrected chi connectivity index (χ1v) is 21.6. The molecule has 5 heteroatoms. The van der Waals surface area contributed by atoms with Gasteiger partial charge >= 0.3 is 0 Å². The van der Waals surface area contributed by atoms with Crippen LogP contribution in [0.1, 0.15) is 22.8 Å². The summed E-state index contributed by atoms with van der Waals surface area (Å²) in [5.41, 5.74) is 14.2.